The van der Waals surface area contributed by atoms with Gasteiger partial charge in [0.25, 0.3) is 0 Å². The predicted molar refractivity (Wildman–Crippen MR) is 45.0 cm³/mol. The Morgan fingerprint density at radius 1 is 1.60 bits per heavy atom. The Bertz CT molecular complexity index is 84.7. The van der Waals surface area contributed by atoms with Crippen molar-refractivity contribution in [3.63, 3.8) is 0 Å². The SMILES string of the molecule is CC[C@@H](C)C[C@H]1CCNC1. The van der Waals surface area contributed by atoms with Gasteiger partial charge in [-0.25, -0.2) is 0 Å². The van der Waals surface area contributed by atoms with Gasteiger partial charge >= 0.3 is 0 Å². The van der Waals surface area contributed by atoms with Crippen LogP contribution in [0.25, 0.3) is 0 Å². The van der Waals surface area contributed by atoms with Crippen LogP contribution in [-0.4, -0.2) is 13.1 Å². The molecule has 0 aromatic rings. The Morgan fingerprint density at radius 2 is 2.40 bits per heavy atom. The largest absolute Gasteiger partial charge is 0.316 e. The van der Waals surface area contributed by atoms with Gasteiger partial charge in [0.1, 0.15) is 0 Å². The third-order valence-corrected chi connectivity index (χ3v) is 2.60. The molecule has 0 spiro atoms. The zero-order chi connectivity index (χ0) is 7.40. The summed E-state index contributed by atoms with van der Waals surface area (Å²) in [6, 6.07) is 0. The first-order valence-corrected chi connectivity index (χ1v) is 4.53. The van der Waals surface area contributed by atoms with E-state index < -0.39 is 0 Å². The molecule has 0 bridgehead atoms. The van der Waals surface area contributed by atoms with Gasteiger partial charge in [0.05, 0.1) is 0 Å². The minimum Gasteiger partial charge on any atom is -0.316 e. The van der Waals surface area contributed by atoms with Gasteiger partial charge in [0.15, 0.2) is 0 Å². The van der Waals surface area contributed by atoms with Gasteiger partial charge < -0.3 is 5.32 Å². The molecule has 0 saturated carbocycles. The van der Waals surface area contributed by atoms with Crippen molar-refractivity contribution in [1.82, 2.24) is 5.32 Å². The summed E-state index contributed by atoms with van der Waals surface area (Å²) in [4.78, 5) is 0. The third kappa shape index (κ3) is 2.30. The number of hydrogen-bond acceptors (Lipinski definition) is 1. The van der Waals surface area contributed by atoms with Crippen LogP contribution in [0.5, 0.6) is 0 Å². The van der Waals surface area contributed by atoms with E-state index in [1.54, 1.807) is 0 Å². The summed E-state index contributed by atoms with van der Waals surface area (Å²) in [5.74, 6) is 1.92. The molecule has 10 heavy (non-hydrogen) atoms. The van der Waals surface area contributed by atoms with E-state index in [1.807, 2.05) is 0 Å². The smallest absolute Gasteiger partial charge is 0.00199 e. The Labute approximate surface area is 64.2 Å². The molecular formula is C9H19N. The van der Waals surface area contributed by atoms with Crippen LogP contribution in [-0.2, 0) is 0 Å². The molecule has 1 heteroatoms. The standard InChI is InChI=1S/C9H19N/c1-3-8(2)6-9-4-5-10-7-9/h8-10H,3-7H2,1-2H3/t8-,9-/m1/s1. The molecule has 1 heterocycles. The summed E-state index contributed by atoms with van der Waals surface area (Å²) in [5, 5.41) is 3.40. The van der Waals surface area contributed by atoms with E-state index in [0.717, 1.165) is 11.8 Å². The van der Waals surface area contributed by atoms with E-state index in [1.165, 1.54) is 32.4 Å². The van der Waals surface area contributed by atoms with Gasteiger partial charge in [-0.2, -0.15) is 0 Å². The molecule has 1 fully saturated rings. The van der Waals surface area contributed by atoms with Gasteiger partial charge in [-0.15, -0.1) is 0 Å². The maximum atomic E-state index is 3.40. The normalized spacial score (nSPS) is 28.8. The highest BCUT2D eigenvalue weighted by atomic mass is 14.9. The molecule has 60 valence electrons. The van der Waals surface area contributed by atoms with E-state index in [-0.39, 0.29) is 0 Å². The molecule has 1 aliphatic heterocycles. The zero-order valence-electron chi connectivity index (χ0n) is 7.19. The van der Waals surface area contributed by atoms with Crippen molar-refractivity contribution in [3.8, 4) is 0 Å². The number of hydrogen-bond donors (Lipinski definition) is 1. The highest BCUT2D eigenvalue weighted by Crippen LogP contribution is 2.19. The van der Waals surface area contributed by atoms with E-state index in [2.05, 4.69) is 19.2 Å². The number of nitrogens with one attached hydrogen (secondary N) is 1. The summed E-state index contributed by atoms with van der Waals surface area (Å²) in [6.07, 6.45) is 4.18. The van der Waals surface area contributed by atoms with Crippen LogP contribution in [0.4, 0.5) is 0 Å². The quantitative estimate of drug-likeness (QED) is 0.634. The van der Waals surface area contributed by atoms with E-state index in [0.29, 0.717) is 0 Å². The molecule has 1 nitrogen and oxygen atoms in total. The third-order valence-electron chi connectivity index (χ3n) is 2.60. The fraction of sp³-hybridized carbons (Fsp3) is 1.00. The maximum absolute atomic E-state index is 3.40. The molecule has 1 N–H and O–H groups in total. The minimum atomic E-state index is 0.935. The first-order valence-electron chi connectivity index (χ1n) is 4.53. The van der Waals surface area contributed by atoms with Gasteiger partial charge in [-0.1, -0.05) is 20.3 Å². The lowest BCUT2D eigenvalue weighted by atomic mass is 9.94. The van der Waals surface area contributed by atoms with E-state index >= 15 is 0 Å². The van der Waals surface area contributed by atoms with Crippen LogP contribution < -0.4 is 5.32 Å². The Balaban J connectivity index is 2.11. The van der Waals surface area contributed by atoms with Crippen molar-refractivity contribution < 1.29 is 0 Å². The van der Waals surface area contributed by atoms with Crippen molar-refractivity contribution >= 4 is 0 Å². The summed E-state index contributed by atoms with van der Waals surface area (Å²) in [5.41, 5.74) is 0. The van der Waals surface area contributed by atoms with Crippen molar-refractivity contribution in [1.29, 1.82) is 0 Å². The molecule has 0 aliphatic carbocycles. The van der Waals surface area contributed by atoms with Gasteiger partial charge in [-0.3, -0.25) is 0 Å². The summed E-state index contributed by atoms with van der Waals surface area (Å²) >= 11 is 0. The molecule has 2 atom stereocenters. The second-order valence-corrected chi connectivity index (χ2v) is 3.61. The summed E-state index contributed by atoms with van der Waals surface area (Å²) < 4.78 is 0. The van der Waals surface area contributed by atoms with Crippen molar-refractivity contribution in [2.75, 3.05) is 13.1 Å². The van der Waals surface area contributed by atoms with Crippen LogP contribution in [0.3, 0.4) is 0 Å². The maximum Gasteiger partial charge on any atom is -0.00199 e. The molecule has 0 aromatic carbocycles. The lowest BCUT2D eigenvalue weighted by molar-refractivity contribution is 0.405. The fourth-order valence-electron chi connectivity index (χ4n) is 1.65. The van der Waals surface area contributed by atoms with Gasteiger partial charge in [0.2, 0.25) is 0 Å². The zero-order valence-corrected chi connectivity index (χ0v) is 7.19. The van der Waals surface area contributed by atoms with Crippen molar-refractivity contribution in [3.05, 3.63) is 0 Å². The van der Waals surface area contributed by atoms with Gasteiger partial charge in [0, 0.05) is 0 Å². The molecule has 0 aromatic heterocycles. The monoisotopic (exact) mass is 141 g/mol. The second-order valence-electron chi connectivity index (χ2n) is 3.61. The second kappa shape index (κ2) is 3.97. The highest BCUT2D eigenvalue weighted by Gasteiger charge is 2.15. The molecule has 0 amide bonds. The molecule has 0 unspecified atom stereocenters. The summed E-state index contributed by atoms with van der Waals surface area (Å²) in [6.45, 7) is 7.16. The van der Waals surface area contributed by atoms with Crippen LogP contribution in [0.1, 0.15) is 33.1 Å². The molecule has 1 rings (SSSR count). The Kier molecular flexibility index (Phi) is 3.20. The summed E-state index contributed by atoms with van der Waals surface area (Å²) in [7, 11) is 0. The number of rotatable bonds is 3. The predicted octanol–water partition coefficient (Wildman–Crippen LogP) is 2.03. The van der Waals surface area contributed by atoms with Crippen LogP contribution in [0.15, 0.2) is 0 Å². The first kappa shape index (κ1) is 8.06. The molecule has 1 aliphatic rings. The average molecular weight is 141 g/mol. The van der Waals surface area contributed by atoms with Crippen LogP contribution in [0, 0.1) is 11.8 Å². The fourth-order valence-corrected chi connectivity index (χ4v) is 1.65. The van der Waals surface area contributed by atoms with Crippen molar-refractivity contribution in [2.24, 2.45) is 11.8 Å². The Morgan fingerprint density at radius 3 is 2.90 bits per heavy atom. The van der Waals surface area contributed by atoms with Crippen molar-refractivity contribution in [2.45, 2.75) is 33.1 Å². The van der Waals surface area contributed by atoms with E-state index in [4.69, 9.17) is 0 Å². The highest BCUT2D eigenvalue weighted by molar-refractivity contribution is 4.72. The lowest BCUT2D eigenvalue weighted by Crippen LogP contribution is -2.11. The first-order chi connectivity index (χ1) is 4.83. The average Bonchev–Trinajstić information content (AvgIpc) is 2.40. The molecule has 0 radical (unpaired) electrons. The topological polar surface area (TPSA) is 12.0 Å². The van der Waals surface area contributed by atoms with Crippen LogP contribution >= 0.6 is 0 Å². The molecular weight excluding hydrogens is 122 g/mol. The Hall–Kier alpha value is -0.0400. The van der Waals surface area contributed by atoms with E-state index in [9.17, 15) is 0 Å². The van der Waals surface area contributed by atoms with Crippen LogP contribution in [0.2, 0.25) is 0 Å². The van der Waals surface area contributed by atoms with Gasteiger partial charge in [-0.05, 0) is 37.8 Å². The minimum absolute atomic E-state index is 0.935. The lowest BCUT2D eigenvalue weighted by Gasteiger charge is -2.12. The molecule has 1 saturated heterocycles.